The van der Waals surface area contributed by atoms with E-state index in [1.807, 2.05) is 0 Å². The summed E-state index contributed by atoms with van der Waals surface area (Å²) in [6, 6.07) is 8.36. The lowest BCUT2D eigenvalue weighted by atomic mass is 10.2. The van der Waals surface area contributed by atoms with E-state index in [2.05, 4.69) is 25.4 Å². The fourth-order valence-corrected chi connectivity index (χ4v) is 1.95. The third-order valence-electron chi connectivity index (χ3n) is 2.94. The fourth-order valence-electron chi connectivity index (χ4n) is 1.95. The highest BCUT2D eigenvalue weighted by molar-refractivity contribution is 5.84. The standard InChI is InChI=1S/C17H17N5O4/c1-17(2,3)25-16(23)22-11-4-6-12(7-5-11)24-14-8-13(18-9-19-14)15-20-10-21-26-15/h4-10H,1-3H3,(H,22,23). The molecule has 0 fully saturated rings. The van der Waals surface area contributed by atoms with Crippen LogP contribution in [-0.2, 0) is 4.74 Å². The molecule has 3 aromatic rings. The van der Waals surface area contributed by atoms with Crippen molar-refractivity contribution in [3.63, 3.8) is 0 Å². The maximum atomic E-state index is 11.8. The van der Waals surface area contributed by atoms with Crippen molar-refractivity contribution in [2.45, 2.75) is 26.4 Å². The van der Waals surface area contributed by atoms with Gasteiger partial charge in [0.2, 0.25) is 5.88 Å². The number of ether oxygens (including phenoxy) is 2. The lowest BCUT2D eigenvalue weighted by Gasteiger charge is -2.19. The van der Waals surface area contributed by atoms with E-state index in [0.29, 0.717) is 23.0 Å². The Morgan fingerprint density at radius 2 is 1.85 bits per heavy atom. The quantitative estimate of drug-likeness (QED) is 0.754. The number of benzene rings is 1. The molecule has 0 bridgehead atoms. The van der Waals surface area contributed by atoms with E-state index in [9.17, 15) is 4.79 Å². The van der Waals surface area contributed by atoms with Crippen LogP contribution in [0.1, 0.15) is 20.8 Å². The van der Waals surface area contributed by atoms with Gasteiger partial charge < -0.3 is 14.0 Å². The summed E-state index contributed by atoms with van der Waals surface area (Å²) in [6.45, 7) is 5.40. The molecular formula is C17H17N5O4. The second-order valence-electron chi connectivity index (χ2n) is 6.24. The topological polar surface area (TPSA) is 112 Å². The third-order valence-corrected chi connectivity index (χ3v) is 2.94. The van der Waals surface area contributed by atoms with Gasteiger partial charge in [-0.3, -0.25) is 5.32 Å². The van der Waals surface area contributed by atoms with Crippen LogP contribution in [0, 0.1) is 0 Å². The Morgan fingerprint density at radius 1 is 1.08 bits per heavy atom. The van der Waals surface area contributed by atoms with Crippen molar-refractivity contribution in [3.05, 3.63) is 43.0 Å². The minimum atomic E-state index is -0.559. The van der Waals surface area contributed by atoms with Crippen molar-refractivity contribution in [3.8, 4) is 23.2 Å². The number of hydrogen-bond acceptors (Lipinski definition) is 8. The first-order valence-corrected chi connectivity index (χ1v) is 7.76. The average Bonchev–Trinajstić information content (AvgIpc) is 3.10. The molecule has 9 heteroatoms. The van der Waals surface area contributed by atoms with Crippen LogP contribution in [0.25, 0.3) is 11.6 Å². The predicted molar refractivity (Wildman–Crippen MR) is 91.7 cm³/mol. The molecule has 1 amide bonds. The second kappa shape index (κ2) is 7.18. The summed E-state index contributed by atoms with van der Waals surface area (Å²) in [5.41, 5.74) is 0.479. The molecule has 0 unspecified atom stereocenters. The molecule has 0 aliphatic heterocycles. The van der Waals surface area contributed by atoms with Crippen LogP contribution in [0.4, 0.5) is 10.5 Å². The van der Waals surface area contributed by atoms with Gasteiger partial charge in [0.05, 0.1) is 0 Å². The highest BCUT2D eigenvalue weighted by Crippen LogP contribution is 2.24. The van der Waals surface area contributed by atoms with Gasteiger partial charge >= 0.3 is 6.09 Å². The van der Waals surface area contributed by atoms with Crippen molar-refractivity contribution >= 4 is 11.8 Å². The first-order valence-electron chi connectivity index (χ1n) is 7.76. The zero-order chi connectivity index (χ0) is 18.6. The predicted octanol–water partition coefficient (Wildman–Crippen LogP) is 3.67. The molecule has 0 saturated carbocycles. The molecule has 0 radical (unpaired) electrons. The zero-order valence-electron chi connectivity index (χ0n) is 14.5. The average molecular weight is 355 g/mol. The van der Waals surface area contributed by atoms with Crippen molar-refractivity contribution in [1.82, 2.24) is 20.1 Å². The van der Waals surface area contributed by atoms with E-state index in [4.69, 9.17) is 14.0 Å². The van der Waals surface area contributed by atoms with Gasteiger partial charge in [-0.2, -0.15) is 4.98 Å². The first kappa shape index (κ1) is 17.3. The van der Waals surface area contributed by atoms with Gasteiger partial charge in [0.15, 0.2) is 6.33 Å². The Bertz CT molecular complexity index is 873. The Hall–Kier alpha value is -3.49. The van der Waals surface area contributed by atoms with Crippen molar-refractivity contribution in [2.24, 2.45) is 0 Å². The summed E-state index contributed by atoms with van der Waals surface area (Å²) < 4.78 is 15.8. The smallest absolute Gasteiger partial charge is 0.412 e. The fraction of sp³-hybridized carbons (Fsp3) is 0.235. The summed E-state index contributed by atoms with van der Waals surface area (Å²) in [6.07, 6.45) is 2.10. The first-order chi connectivity index (χ1) is 12.4. The summed E-state index contributed by atoms with van der Waals surface area (Å²) in [5, 5.41) is 6.18. The zero-order valence-corrected chi connectivity index (χ0v) is 14.5. The molecule has 2 aromatic heterocycles. The Balaban J connectivity index is 1.65. The van der Waals surface area contributed by atoms with Crippen LogP contribution in [-0.4, -0.2) is 31.8 Å². The number of aromatic nitrogens is 4. The summed E-state index contributed by atoms with van der Waals surface area (Å²) in [4.78, 5) is 23.8. The van der Waals surface area contributed by atoms with Crippen molar-refractivity contribution < 1.29 is 18.8 Å². The number of nitrogens with one attached hydrogen (secondary N) is 1. The number of anilines is 1. The highest BCUT2D eigenvalue weighted by Gasteiger charge is 2.16. The monoisotopic (exact) mass is 355 g/mol. The van der Waals surface area contributed by atoms with E-state index in [1.165, 1.54) is 12.7 Å². The largest absolute Gasteiger partial charge is 0.444 e. The van der Waals surface area contributed by atoms with Gasteiger partial charge in [0.25, 0.3) is 5.89 Å². The number of amides is 1. The number of hydrogen-bond donors (Lipinski definition) is 1. The molecule has 1 aromatic carbocycles. The Kier molecular flexibility index (Phi) is 4.78. The lowest BCUT2D eigenvalue weighted by molar-refractivity contribution is 0.0636. The van der Waals surface area contributed by atoms with E-state index in [1.54, 1.807) is 51.1 Å². The summed E-state index contributed by atoms with van der Waals surface area (Å²) in [5.74, 6) is 1.13. The highest BCUT2D eigenvalue weighted by atomic mass is 16.6. The lowest BCUT2D eigenvalue weighted by Crippen LogP contribution is -2.27. The minimum Gasteiger partial charge on any atom is -0.444 e. The summed E-state index contributed by atoms with van der Waals surface area (Å²) >= 11 is 0. The number of rotatable bonds is 4. The molecule has 0 aliphatic rings. The molecule has 2 heterocycles. The minimum absolute atomic E-state index is 0.272. The van der Waals surface area contributed by atoms with E-state index in [-0.39, 0.29) is 5.89 Å². The van der Waals surface area contributed by atoms with Gasteiger partial charge in [-0.05, 0) is 45.0 Å². The van der Waals surface area contributed by atoms with Crippen LogP contribution in [0.5, 0.6) is 11.6 Å². The molecule has 134 valence electrons. The van der Waals surface area contributed by atoms with Crippen LogP contribution >= 0.6 is 0 Å². The molecule has 26 heavy (non-hydrogen) atoms. The van der Waals surface area contributed by atoms with Crippen LogP contribution in [0.15, 0.2) is 47.5 Å². The molecule has 3 rings (SSSR count). The third kappa shape index (κ3) is 4.76. The Morgan fingerprint density at radius 3 is 2.50 bits per heavy atom. The van der Waals surface area contributed by atoms with Gasteiger partial charge in [0, 0.05) is 11.8 Å². The number of carbonyl (C=O) groups excluding carboxylic acids is 1. The van der Waals surface area contributed by atoms with Gasteiger partial charge in [0.1, 0.15) is 23.4 Å². The molecule has 9 nitrogen and oxygen atoms in total. The Labute approximate surface area is 149 Å². The van der Waals surface area contributed by atoms with Crippen LogP contribution < -0.4 is 10.1 Å². The van der Waals surface area contributed by atoms with Crippen molar-refractivity contribution in [2.75, 3.05) is 5.32 Å². The van der Waals surface area contributed by atoms with Gasteiger partial charge in [-0.15, -0.1) is 0 Å². The van der Waals surface area contributed by atoms with Gasteiger partial charge in [-0.1, -0.05) is 5.16 Å². The normalized spacial score (nSPS) is 11.0. The number of carbonyl (C=O) groups is 1. The molecular weight excluding hydrogens is 338 g/mol. The maximum absolute atomic E-state index is 11.8. The molecule has 0 atom stereocenters. The molecule has 0 saturated heterocycles. The van der Waals surface area contributed by atoms with Gasteiger partial charge in [-0.25, -0.2) is 14.8 Å². The second-order valence-corrected chi connectivity index (χ2v) is 6.24. The van der Waals surface area contributed by atoms with E-state index < -0.39 is 11.7 Å². The number of nitrogens with zero attached hydrogens (tertiary/aromatic N) is 4. The molecule has 0 aliphatic carbocycles. The van der Waals surface area contributed by atoms with E-state index in [0.717, 1.165) is 0 Å². The van der Waals surface area contributed by atoms with E-state index >= 15 is 0 Å². The molecule has 0 spiro atoms. The SMILES string of the molecule is CC(C)(C)OC(=O)Nc1ccc(Oc2cc(-c3ncno3)ncn2)cc1. The van der Waals surface area contributed by atoms with Crippen molar-refractivity contribution in [1.29, 1.82) is 0 Å². The van der Waals surface area contributed by atoms with Crippen LogP contribution in [0.2, 0.25) is 0 Å². The van der Waals surface area contributed by atoms with Crippen LogP contribution in [0.3, 0.4) is 0 Å². The maximum Gasteiger partial charge on any atom is 0.412 e. The molecule has 1 N–H and O–H groups in total. The summed E-state index contributed by atoms with van der Waals surface area (Å²) in [7, 11) is 0.